The van der Waals surface area contributed by atoms with Crippen LogP contribution in [-0.4, -0.2) is 28.3 Å². The fourth-order valence-corrected chi connectivity index (χ4v) is 2.74. The summed E-state index contributed by atoms with van der Waals surface area (Å²) < 4.78 is 14.0. The van der Waals surface area contributed by atoms with Gasteiger partial charge in [-0.25, -0.2) is 4.39 Å². The lowest BCUT2D eigenvalue weighted by molar-refractivity contribution is -0.140. The fraction of sp³-hybridized carbons (Fsp3) is 0.364. The van der Waals surface area contributed by atoms with Crippen LogP contribution in [0.2, 0.25) is 0 Å². The second-order valence-electron chi connectivity index (χ2n) is 7.69. The number of amides is 2. The van der Waals surface area contributed by atoms with Gasteiger partial charge in [-0.3, -0.25) is 9.59 Å². The van der Waals surface area contributed by atoms with Gasteiger partial charge in [0.05, 0.1) is 6.42 Å². The summed E-state index contributed by atoms with van der Waals surface area (Å²) in [5.41, 5.74) is 0.831. The third kappa shape index (κ3) is 6.20. The van der Waals surface area contributed by atoms with Crippen molar-refractivity contribution in [2.45, 2.75) is 52.2 Å². The number of hydrogen-bond donors (Lipinski definition) is 1. The first kappa shape index (κ1) is 20.6. The van der Waals surface area contributed by atoms with Crippen molar-refractivity contribution in [2.75, 3.05) is 0 Å². The van der Waals surface area contributed by atoms with Crippen LogP contribution in [0.3, 0.4) is 0 Å². The maximum atomic E-state index is 14.0. The number of carbonyl (C=O) groups is 2. The number of carbonyl (C=O) groups excluding carboxylic acids is 2. The van der Waals surface area contributed by atoms with Gasteiger partial charge in [0, 0.05) is 12.1 Å². The highest BCUT2D eigenvalue weighted by Gasteiger charge is 2.28. The zero-order valence-corrected chi connectivity index (χ0v) is 16.3. The van der Waals surface area contributed by atoms with Crippen LogP contribution in [0.5, 0.6) is 0 Å². The largest absolute Gasteiger partial charge is 0.350 e. The van der Waals surface area contributed by atoms with Gasteiger partial charge >= 0.3 is 0 Å². The Morgan fingerprint density at radius 3 is 2.22 bits per heavy atom. The predicted molar refractivity (Wildman–Crippen MR) is 104 cm³/mol. The molecule has 144 valence electrons. The highest BCUT2D eigenvalue weighted by molar-refractivity contribution is 5.88. The van der Waals surface area contributed by atoms with Gasteiger partial charge < -0.3 is 10.2 Å². The average Bonchev–Trinajstić information content (AvgIpc) is 2.60. The Kier molecular flexibility index (Phi) is 6.72. The normalized spacial score (nSPS) is 12.3. The summed E-state index contributed by atoms with van der Waals surface area (Å²) in [4.78, 5) is 27.1. The van der Waals surface area contributed by atoms with Crippen LogP contribution >= 0.6 is 0 Å². The summed E-state index contributed by atoms with van der Waals surface area (Å²) in [6, 6.07) is 15.0. The van der Waals surface area contributed by atoms with Gasteiger partial charge in [0.15, 0.2) is 0 Å². The molecule has 2 amide bonds. The van der Waals surface area contributed by atoms with Crippen molar-refractivity contribution < 1.29 is 14.0 Å². The Labute approximate surface area is 160 Å². The van der Waals surface area contributed by atoms with E-state index in [1.165, 1.54) is 11.0 Å². The molecule has 0 saturated carbocycles. The van der Waals surface area contributed by atoms with Gasteiger partial charge in [-0.05, 0) is 44.9 Å². The Bertz CT molecular complexity index is 784. The molecule has 0 heterocycles. The number of nitrogens with one attached hydrogen (secondary N) is 1. The van der Waals surface area contributed by atoms with Crippen LogP contribution in [0.25, 0.3) is 0 Å². The molecule has 5 heteroatoms. The van der Waals surface area contributed by atoms with Crippen molar-refractivity contribution in [1.82, 2.24) is 10.2 Å². The standard InChI is InChI=1S/C22H27FN2O2/c1-16(21(27)24-22(2,3)4)25(15-17-10-6-5-7-11-17)20(26)14-18-12-8-9-13-19(18)23/h5-13,16H,14-15H2,1-4H3,(H,24,27). The molecular formula is C22H27FN2O2. The number of rotatable bonds is 6. The number of halogens is 1. The Morgan fingerprint density at radius 1 is 1.04 bits per heavy atom. The highest BCUT2D eigenvalue weighted by Crippen LogP contribution is 2.15. The van der Waals surface area contributed by atoms with E-state index in [0.29, 0.717) is 5.56 Å². The minimum Gasteiger partial charge on any atom is -0.350 e. The van der Waals surface area contributed by atoms with Crippen LogP contribution in [-0.2, 0) is 22.6 Å². The number of hydrogen-bond acceptors (Lipinski definition) is 2. The zero-order valence-electron chi connectivity index (χ0n) is 16.3. The van der Waals surface area contributed by atoms with E-state index in [0.717, 1.165) is 5.56 Å². The summed E-state index contributed by atoms with van der Waals surface area (Å²) in [5.74, 6) is -0.946. The molecule has 0 saturated heterocycles. The molecule has 1 N–H and O–H groups in total. The zero-order chi connectivity index (χ0) is 20.0. The molecular weight excluding hydrogens is 343 g/mol. The topological polar surface area (TPSA) is 49.4 Å². The van der Waals surface area contributed by atoms with Gasteiger partial charge in [-0.1, -0.05) is 48.5 Å². The molecule has 0 bridgehead atoms. The number of benzene rings is 2. The van der Waals surface area contributed by atoms with Crippen molar-refractivity contribution in [1.29, 1.82) is 0 Å². The van der Waals surface area contributed by atoms with Gasteiger partial charge in [0.25, 0.3) is 0 Å². The maximum Gasteiger partial charge on any atom is 0.242 e. The summed E-state index contributed by atoms with van der Waals surface area (Å²) in [7, 11) is 0. The number of nitrogens with zero attached hydrogens (tertiary/aromatic N) is 1. The third-order valence-electron chi connectivity index (χ3n) is 4.16. The van der Waals surface area contributed by atoms with Crippen molar-refractivity contribution in [3.63, 3.8) is 0 Å². The molecule has 2 aromatic carbocycles. The highest BCUT2D eigenvalue weighted by atomic mass is 19.1. The molecule has 0 spiro atoms. The second-order valence-corrected chi connectivity index (χ2v) is 7.69. The van der Waals surface area contributed by atoms with E-state index in [9.17, 15) is 14.0 Å². The van der Waals surface area contributed by atoms with Crippen LogP contribution in [0.15, 0.2) is 54.6 Å². The molecule has 0 aliphatic carbocycles. The molecule has 27 heavy (non-hydrogen) atoms. The third-order valence-corrected chi connectivity index (χ3v) is 4.16. The quantitative estimate of drug-likeness (QED) is 0.843. The summed E-state index contributed by atoms with van der Waals surface area (Å²) >= 11 is 0. The van der Waals surface area contributed by atoms with Crippen molar-refractivity contribution in [3.8, 4) is 0 Å². The molecule has 0 aliphatic heterocycles. The second kappa shape index (κ2) is 8.80. The van der Waals surface area contributed by atoms with E-state index in [2.05, 4.69) is 5.32 Å². The lowest BCUT2D eigenvalue weighted by Crippen LogP contribution is -2.52. The Balaban J connectivity index is 2.24. The smallest absolute Gasteiger partial charge is 0.242 e. The predicted octanol–water partition coefficient (Wildman–Crippen LogP) is 3.70. The van der Waals surface area contributed by atoms with Gasteiger partial charge in [0.2, 0.25) is 11.8 Å². The molecule has 0 aliphatic rings. The SMILES string of the molecule is CC(C(=O)NC(C)(C)C)N(Cc1ccccc1)C(=O)Cc1ccccc1F. The van der Waals surface area contributed by atoms with Gasteiger partial charge in [0.1, 0.15) is 11.9 Å². The van der Waals surface area contributed by atoms with E-state index < -0.39 is 17.4 Å². The molecule has 0 aromatic heterocycles. The molecule has 2 rings (SSSR count). The average molecular weight is 370 g/mol. The van der Waals surface area contributed by atoms with Crippen LogP contribution < -0.4 is 5.32 Å². The molecule has 0 fully saturated rings. The molecule has 0 radical (unpaired) electrons. The first-order chi connectivity index (χ1) is 12.7. The fourth-order valence-electron chi connectivity index (χ4n) is 2.74. The first-order valence-electron chi connectivity index (χ1n) is 9.06. The van der Waals surface area contributed by atoms with Crippen molar-refractivity contribution >= 4 is 11.8 Å². The summed E-state index contributed by atoms with van der Waals surface area (Å²) in [6.07, 6.45) is -0.0906. The van der Waals surface area contributed by atoms with Crippen molar-refractivity contribution in [3.05, 3.63) is 71.5 Å². The molecule has 1 unspecified atom stereocenters. The van der Waals surface area contributed by atoms with Gasteiger partial charge in [-0.15, -0.1) is 0 Å². The van der Waals surface area contributed by atoms with E-state index in [4.69, 9.17) is 0 Å². The maximum absolute atomic E-state index is 14.0. The van der Waals surface area contributed by atoms with Crippen LogP contribution in [0.1, 0.15) is 38.8 Å². The van der Waals surface area contributed by atoms with E-state index >= 15 is 0 Å². The van der Waals surface area contributed by atoms with E-state index in [1.807, 2.05) is 51.1 Å². The Hall–Kier alpha value is -2.69. The van der Waals surface area contributed by atoms with Crippen LogP contribution in [0, 0.1) is 5.82 Å². The summed E-state index contributed by atoms with van der Waals surface area (Å²) in [6.45, 7) is 7.65. The molecule has 4 nitrogen and oxygen atoms in total. The van der Waals surface area contributed by atoms with Gasteiger partial charge in [-0.2, -0.15) is 0 Å². The van der Waals surface area contributed by atoms with E-state index in [-0.39, 0.29) is 24.8 Å². The molecule has 2 aromatic rings. The summed E-state index contributed by atoms with van der Waals surface area (Å²) in [5, 5.41) is 2.91. The first-order valence-corrected chi connectivity index (χ1v) is 9.06. The van der Waals surface area contributed by atoms with Crippen molar-refractivity contribution in [2.24, 2.45) is 0 Å². The lowest BCUT2D eigenvalue weighted by atomic mass is 10.1. The van der Waals surface area contributed by atoms with E-state index in [1.54, 1.807) is 25.1 Å². The minimum atomic E-state index is -0.677. The molecule has 1 atom stereocenters. The van der Waals surface area contributed by atoms with Crippen LogP contribution in [0.4, 0.5) is 4.39 Å². The Morgan fingerprint density at radius 2 is 1.63 bits per heavy atom. The lowest BCUT2D eigenvalue weighted by Gasteiger charge is -2.31. The minimum absolute atomic E-state index is 0.0906. The monoisotopic (exact) mass is 370 g/mol.